The summed E-state index contributed by atoms with van der Waals surface area (Å²) in [5, 5.41) is 46.0. The summed E-state index contributed by atoms with van der Waals surface area (Å²) in [5.41, 5.74) is 34.1. The zero-order valence-electron chi connectivity index (χ0n) is 38.6. The van der Waals surface area contributed by atoms with E-state index in [4.69, 9.17) is 53.8 Å². The summed E-state index contributed by atoms with van der Waals surface area (Å²) >= 11 is 0. The number of aromatic hydroxyl groups is 2. The minimum absolute atomic E-state index is 0.0216. The summed E-state index contributed by atoms with van der Waals surface area (Å²) in [7, 11) is -28.3. The van der Waals surface area contributed by atoms with Crippen molar-refractivity contribution in [3.63, 3.8) is 0 Å². The molecule has 424 valence electrons. The number of nitro benzene ring substituents is 1. The molecule has 0 saturated heterocycles. The molecule has 0 aliphatic carbocycles. The highest BCUT2D eigenvalue weighted by molar-refractivity contribution is 7.87. The summed E-state index contributed by atoms with van der Waals surface area (Å²) in [4.78, 5) is 17.1. The molecule has 0 saturated carbocycles. The Balaban J connectivity index is 0.000000256. The van der Waals surface area contributed by atoms with Gasteiger partial charge < -0.3 is 55.5 Å². The number of aromatic carboxylic acids is 1. The highest BCUT2D eigenvalue weighted by atomic mass is 32.2. The highest BCUT2D eigenvalue weighted by Gasteiger charge is 2.29. The molecule has 0 atom stereocenters. The second-order valence-corrected chi connectivity index (χ2v) is 23.6. The van der Waals surface area contributed by atoms with Crippen LogP contribution in [0.3, 0.4) is 0 Å². The van der Waals surface area contributed by atoms with Crippen LogP contribution in [-0.2, 0) is 60.7 Å². The SMILES string of the molecule is Nc1cc(S(=O)(=O)O)c2cc(S(=O)(=O)O)c(N=Nc3ccc([N+](=O)[O-])cc3C(=O)O)c(O)c2c1N.Nc1ccc(N)c(S(=O)(=O)O)c1.Nc1ccc(S(=O)(=O)O)cc1.Nc1ccc2c(O)c(N)c(S(=O)(=O)O)cc2c1S(=O)(=O)O. The number of anilines is 7. The van der Waals surface area contributed by atoms with Crippen LogP contribution in [0.5, 0.6) is 11.5 Å². The summed E-state index contributed by atoms with van der Waals surface area (Å²) < 4.78 is 189. The number of rotatable bonds is 10. The van der Waals surface area contributed by atoms with Gasteiger partial charge in [0.15, 0.2) is 5.75 Å². The third-order valence-electron chi connectivity index (χ3n) is 9.91. The monoisotopic (exact) mass is 1220 g/mol. The van der Waals surface area contributed by atoms with E-state index in [1.165, 1.54) is 42.5 Å². The molecule has 23 N–H and O–H groups in total. The van der Waals surface area contributed by atoms with Crippen molar-refractivity contribution < 1.29 is 103 Å². The number of phenols is 2. The maximum atomic E-state index is 12.0. The van der Waals surface area contributed by atoms with Crippen molar-refractivity contribution in [2.24, 2.45) is 10.2 Å². The van der Waals surface area contributed by atoms with Crippen LogP contribution in [0.2, 0.25) is 0 Å². The molecule has 0 spiro atoms. The van der Waals surface area contributed by atoms with Gasteiger partial charge in [0.1, 0.15) is 41.6 Å². The summed E-state index contributed by atoms with van der Waals surface area (Å²) in [6.07, 6.45) is 0. The van der Waals surface area contributed by atoms with Crippen molar-refractivity contribution in [3.8, 4) is 11.5 Å². The Kier molecular flexibility index (Phi) is 18.0. The number of nitro groups is 1. The first-order valence-electron chi connectivity index (χ1n) is 19.9. The van der Waals surface area contributed by atoms with Crippen LogP contribution in [0.25, 0.3) is 21.5 Å². The van der Waals surface area contributed by atoms with E-state index < -0.39 is 159 Å². The number of phenolic OH excluding ortho intramolecular Hbond substituents is 2. The van der Waals surface area contributed by atoms with E-state index in [9.17, 15) is 94.4 Å². The number of hydrogen-bond donors (Lipinski definition) is 16. The van der Waals surface area contributed by atoms with E-state index >= 15 is 0 Å². The van der Waals surface area contributed by atoms with Gasteiger partial charge in [0.25, 0.3) is 66.4 Å². The molecule has 7 aromatic rings. The highest BCUT2D eigenvalue weighted by Crippen LogP contribution is 2.47. The van der Waals surface area contributed by atoms with Crippen molar-refractivity contribution in [3.05, 3.63) is 107 Å². The van der Waals surface area contributed by atoms with Gasteiger partial charge in [-0.05, 0) is 78.9 Å². The van der Waals surface area contributed by atoms with Gasteiger partial charge in [-0.2, -0.15) is 50.5 Å². The van der Waals surface area contributed by atoms with Crippen LogP contribution >= 0.6 is 0 Å². The lowest BCUT2D eigenvalue weighted by molar-refractivity contribution is -0.384. The lowest BCUT2D eigenvalue weighted by atomic mass is 10.1. The first kappa shape index (κ1) is 62.7. The number of hydrogen-bond acceptors (Lipinski definition) is 26. The minimum atomic E-state index is -5.25. The first-order valence-corrected chi connectivity index (χ1v) is 28.5. The van der Waals surface area contributed by atoms with Gasteiger partial charge in [0, 0.05) is 39.7 Å². The number of non-ortho nitro benzene ring substituents is 1. The molecular formula is C39H38N10O24S6. The smallest absolute Gasteiger partial charge is 0.338 e. The zero-order chi connectivity index (χ0) is 60.5. The molecule has 34 nitrogen and oxygen atoms in total. The van der Waals surface area contributed by atoms with Crippen LogP contribution in [0.4, 0.5) is 56.9 Å². The Morgan fingerprint density at radius 2 is 0.975 bits per heavy atom. The van der Waals surface area contributed by atoms with Gasteiger partial charge in [0.05, 0.1) is 49.2 Å². The predicted octanol–water partition coefficient (Wildman–Crippen LogP) is 3.04. The van der Waals surface area contributed by atoms with Crippen LogP contribution in [-0.4, -0.2) is 104 Å². The third kappa shape index (κ3) is 14.8. The van der Waals surface area contributed by atoms with Crippen molar-refractivity contribution >= 4 is 145 Å². The molecule has 0 aliphatic rings. The summed E-state index contributed by atoms with van der Waals surface area (Å²) in [6.45, 7) is 0. The van der Waals surface area contributed by atoms with E-state index in [0.717, 1.165) is 24.3 Å². The largest absolute Gasteiger partial charge is 0.505 e. The van der Waals surface area contributed by atoms with Gasteiger partial charge in [-0.25, -0.2) is 4.79 Å². The Morgan fingerprint density at radius 1 is 0.468 bits per heavy atom. The van der Waals surface area contributed by atoms with Gasteiger partial charge in [-0.15, -0.1) is 10.2 Å². The molecule has 0 fully saturated rings. The maximum absolute atomic E-state index is 12.0. The Bertz CT molecular complexity index is 4410. The number of benzene rings is 7. The predicted molar refractivity (Wildman–Crippen MR) is 278 cm³/mol. The molecule has 0 heterocycles. The number of fused-ring (bicyclic) bond motifs is 2. The van der Waals surface area contributed by atoms with Gasteiger partial charge >= 0.3 is 5.97 Å². The maximum Gasteiger partial charge on any atom is 0.338 e. The fourth-order valence-electron chi connectivity index (χ4n) is 6.40. The Morgan fingerprint density at radius 3 is 1.44 bits per heavy atom. The average Bonchev–Trinajstić information content (AvgIpc) is 3.31. The molecule has 0 radical (unpaired) electrons. The normalized spacial score (nSPS) is 12.1. The number of nitrogens with two attached hydrogens (primary N) is 7. The van der Waals surface area contributed by atoms with Gasteiger partial charge in [-0.3, -0.25) is 37.4 Å². The summed E-state index contributed by atoms with van der Waals surface area (Å²) in [6, 6.07) is 15.8. The molecule has 0 amide bonds. The Labute approximate surface area is 443 Å². The quantitative estimate of drug-likeness (QED) is 0.0234. The minimum Gasteiger partial charge on any atom is -0.505 e. The van der Waals surface area contributed by atoms with Crippen LogP contribution < -0.4 is 40.1 Å². The number of carboxylic acid groups (broad SMARTS) is 1. The molecule has 79 heavy (non-hydrogen) atoms. The molecule has 0 aliphatic heterocycles. The average molecular weight is 1220 g/mol. The molecule has 40 heteroatoms. The van der Waals surface area contributed by atoms with Crippen LogP contribution in [0.15, 0.2) is 131 Å². The molecular weight excluding hydrogens is 1180 g/mol. The molecule has 0 aromatic heterocycles. The Hall–Kier alpha value is -8.81. The van der Waals surface area contributed by atoms with Crippen LogP contribution in [0.1, 0.15) is 10.4 Å². The number of nitrogen functional groups attached to an aromatic ring is 7. The molecule has 7 aromatic carbocycles. The number of azo groups is 1. The lowest BCUT2D eigenvalue weighted by Crippen LogP contribution is -2.07. The number of nitrogens with zero attached hydrogens (tertiary/aromatic N) is 3. The van der Waals surface area contributed by atoms with E-state index in [2.05, 4.69) is 10.2 Å². The van der Waals surface area contributed by atoms with Crippen molar-refractivity contribution in [1.29, 1.82) is 0 Å². The number of carboxylic acids is 1. The van der Waals surface area contributed by atoms with Crippen molar-refractivity contribution in [2.75, 3.05) is 40.1 Å². The fourth-order valence-corrected chi connectivity index (χ4v) is 10.3. The van der Waals surface area contributed by atoms with E-state index in [-0.39, 0.29) is 32.2 Å². The van der Waals surface area contributed by atoms with Crippen LogP contribution in [0, 0.1) is 10.1 Å². The first-order chi connectivity index (χ1) is 35.9. The second-order valence-electron chi connectivity index (χ2n) is 15.3. The second kappa shape index (κ2) is 22.6. The topological polar surface area (TPSA) is 654 Å². The molecule has 0 unspecified atom stereocenters. The van der Waals surface area contributed by atoms with E-state index in [0.29, 0.717) is 30.0 Å². The lowest BCUT2D eigenvalue weighted by Gasteiger charge is -2.14. The fraction of sp³-hybridized carbons (Fsp3) is 0. The van der Waals surface area contributed by atoms with Gasteiger partial charge in [0.2, 0.25) is 0 Å². The number of carbonyl (C=O) groups is 1. The molecule has 0 bridgehead atoms. The zero-order valence-corrected chi connectivity index (χ0v) is 43.5. The van der Waals surface area contributed by atoms with E-state index in [1.54, 1.807) is 0 Å². The van der Waals surface area contributed by atoms with Gasteiger partial charge in [-0.1, -0.05) is 0 Å². The van der Waals surface area contributed by atoms with Crippen molar-refractivity contribution in [1.82, 2.24) is 0 Å². The summed E-state index contributed by atoms with van der Waals surface area (Å²) in [5.74, 6) is -3.56. The molecule has 7 rings (SSSR count). The van der Waals surface area contributed by atoms with E-state index in [1.807, 2.05) is 0 Å². The standard InChI is InChI=1S/C17H13N5O11S2.C10H10N2O7S2.C6H8N2O3S.C6H7NO3S/c18-9-5-11(34(28,29)30)8-4-12(35(31,32)33)15(16(23)13(8)14(9)19)21-20-10-2-1-6(22(26)27)3-7(10)17(24)25;11-6-2-1-4-5(10(6)21(17,18)19)3-7(20(14,15)16)8(12)9(4)13;7-4-1-2-5(8)6(3-4)12(9,10)11;7-5-1-3-6(4-2-5)11(8,9)10/h1-5,23H,18-19H2,(H,24,25)(H,28,29,30)(H,31,32,33);1-3,13H,11-12H2,(H,14,15,16)(H,17,18,19);1-3H,7-8H2,(H,9,10,11);1-4H,7H2,(H,8,9,10). The third-order valence-corrected chi connectivity index (χ3v) is 15.3. The van der Waals surface area contributed by atoms with Crippen molar-refractivity contribution in [2.45, 2.75) is 29.4 Å².